The van der Waals surface area contributed by atoms with Gasteiger partial charge in [0.25, 0.3) is 0 Å². The average Bonchev–Trinajstić information content (AvgIpc) is 2.38. The zero-order valence-corrected chi connectivity index (χ0v) is 10.7. The van der Waals surface area contributed by atoms with Crippen LogP contribution in [0.2, 0.25) is 0 Å². The molecule has 1 N–H and O–H groups in total. The predicted molar refractivity (Wildman–Crippen MR) is 69.7 cm³/mol. The number of carbonyl (C=O) groups is 1. The number of rotatable bonds is 5. The quantitative estimate of drug-likeness (QED) is 0.798. The fraction of sp³-hybridized carbons (Fsp3) is 0.462. The Kier molecular flexibility index (Phi) is 5.33. The maximum absolute atomic E-state index is 11.8. The third kappa shape index (κ3) is 3.98. The molecule has 0 aromatic heterocycles. The minimum absolute atomic E-state index is 0.0910. The van der Waals surface area contributed by atoms with Gasteiger partial charge in [0.1, 0.15) is 5.75 Å². The minimum atomic E-state index is -0.0910. The summed E-state index contributed by atoms with van der Waals surface area (Å²) in [6, 6.07) is 7.34. The topological polar surface area (TPSA) is 41.6 Å². The molecule has 0 aliphatic heterocycles. The first-order chi connectivity index (χ1) is 8.19. The van der Waals surface area contributed by atoms with E-state index in [1.165, 1.54) is 0 Å². The molecule has 0 heterocycles. The second-order valence-electron chi connectivity index (χ2n) is 3.85. The first kappa shape index (κ1) is 13.4. The van der Waals surface area contributed by atoms with Crippen molar-refractivity contribution < 1.29 is 9.53 Å². The Hall–Kier alpha value is -1.71. The molecule has 0 atom stereocenters. The number of urea groups is 1. The molecule has 4 heteroatoms. The van der Waals surface area contributed by atoms with Crippen molar-refractivity contribution in [2.24, 2.45) is 0 Å². The van der Waals surface area contributed by atoms with Gasteiger partial charge in [-0.2, -0.15) is 0 Å². The molecule has 1 aromatic carbocycles. The number of unbranched alkanes of at least 4 members (excludes halogenated alkanes) is 1. The lowest BCUT2D eigenvalue weighted by Gasteiger charge is -2.18. The monoisotopic (exact) mass is 236 g/mol. The number of carbonyl (C=O) groups excluding carboxylic acids is 1. The van der Waals surface area contributed by atoms with E-state index < -0.39 is 0 Å². The van der Waals surface area contributed by atoms with Crippen LogP contribution >= 0.6 is 0 Å². The largest absolute Gasteiger partial charge is 0.497 e. The van der Waals surface area contributed by atoms with Gasteiger partial charge in [0.15, 0.2) is 0 Å². The van der Waals surface area contributed by atoms with Gasteiger partial charge in [-0.3, -0.25) is 4.90 Å². The highest BCUT2D eigenvalue weighted by Crippen LogP contribution is 2.19. The van der Waals surface area contributed by atoms with E-state index in [1.807, 2.05) is 24.3 Å². The van der Waals surface area contributed by atoms with E-state index in [2.05, 4.69) is 12.2 Å². The summed E-state index contributed by atoms with van der Waals surface area (Å²) in [6.45, 7) is 2.81. The molecule has 2 amide bonds. The van der Waals surface area contributed by atoms with Crippen LogP contribution in [0.5, 0.6) is 5.75 Å². The number of amides is 2. The van der Waals surface area contributed by atoms with Crippen LogP contribution in [0.1, 0.15) is 19.8 Å². The molecule has 94 valence electrons. The van der Waals surface area contributed by atoms with E-state index in [9.17, 15) is 4.79 Å². The van der Waals surface area contributed by atoms with Gasteiger partial charge >= 0.3 is 6.03 Å². The number of nitrogens with zero attached hydrogens (tertiary/aromatic N) is 1. The van der Waals surface area contributed by atoms with Gasteiger partial charge in [-0.1, -0.05) is 19.4 Å². The van der Waals surface area contributed by atoms with Crippen LogP contribution in [-0.4, -0.2) is 26.7 Å². The Labute approximate surface area is 103 Å². The molecular weight excluding hydrogens is 216 g/mol. The lowest BCUT2D eigenvalue weighted by Crippen LogP contribution is -2.37. The molecule has 0 saturated carbocycles. The van der Waals surface area contributed by atoms with E-state index in [-0.39, 0.29) is 6.03 Å². The number of methoxy groups -OCH3 is 1. The third-order valence-electron chi connectivity index (χ3n) is 2.55. The predicted octanol–water partition coefficient (Wildman–Crippen LogP) is 2.64. The van der Waals surface area contributed by atoms with Gasteiger partial charge in [-0.05, 0) is 18.6 Å². The Bertz CT molecular complexity index is 366. The molecule has 17 heavy (non-hydrogen) atoms. The number of ether oxygens (including phenoxy) is 1. The van der Waals surface area contributed by atoms with E-state index in [0.717, 1.165) is 24.3 Å². The standard InChI is InChI=1S/C13H20N2O2/c1-4-5-9-14-13(16)15(2)11-7-6-8-12(10-11)17-3/h6-8,10H,4-5,9H2,1-3H3,(H,14,16). The molecule has 0 bridgehead atoms. The number of hydrogen-bond acceptors (Lipinski definition) is 2. The fourth-order valence-electron chi connectivity index (χ4n) is 1.43. The average molecular weight is 236 g/mol. The van der Waals surface area contributed by atoms with Crippen LogP contribution in [0, 0.1) is 0 Å². The zero-order valence-electron chi connectivity index (χ0n) is 10.7. The van der Waals surface area contributed by atoms with Crippen molar-refractivity contribution in [3.05, 3.63) is 24.3 Å². The lowest BCUT2D eigenvalue weighted by atomic mass is 10.3. The Morgan fingerprint density at radius 2 is 2.24 bits per heavy atom. The van der Waals surface area contributed by atoms with Crippen molar-refractivity contribution in [1.29, 1.82) is 0 Å². The van der Waals surface area contributed by atoms with Gasteiger partial charge < -0.3 is 10.1 Å². The molecule has 1 rings (SSSR count). The SMILES string of the molecule is CCCCNC(=O)N(C)c1cccc(OC)c1. The van der Waals surface area contributed by atoms with Crippen molar-refractivity contribution in [2.75, 3.05) is 25.6 Å². The first-order valence-electron chi connectivity index (χ1n) is 5.84. The molecular formula is C13H20N2O2. The summed E-state index contributed by atoms with van der Waals surface area (Å²) >= 11 is 0. The molecule has 0 aliphatic rings. The van der Waals surface area contributed by atoms with Crippen LogP contribution in [0.25, 0.3) is 0 Å². The summed E-state index contributed by atoms with van der Waals surface area (Å²) in [4.78, 5) is 13.4. The van der Waals surface area contributed by atoms with Gasteiger partial charge in [0.2, 0.25) is 0 Å². The molecule has 4 nitrogen and oxygen atoms in total. The number of hydrogen-bond donors (Lipinski definition) is 1. The molecule has 0 spiro atoms. The summed E-state index contributed by atoms with van der Waals surface area (Å²) in [5, 5.41) is 2.87. The van der Waals surface area contributed by atoms with Gasteiger partial charge in [0.05, 0.1) is 7.11 Å². The lowest BCUT2D eigenvalue weighted by molar-refractivity contribution is 0.247. The molecule has 0 radical (unpaired) electrons. The minimum Gasteiger partial charge on any atom is -0.497 e. The number of anilines is 1. The summed E-state index contributed by atoms with van der Waals surface area (Å²) in [5.41, 5.74) is 0.818. The highest BCUT2D eigenvalue weighted by molar-refractivity contribution is 5.91. The van der Waals surface area contributed by atoms with Crippen LogP contribution in [0.15, 0.2) is 24.3 Å². The van der Waals surface area contributed by atoms with Crippen molar-refractivity contribution in [3.8, 4) is 5.75 Å². The Morgan fingerprint density at radius 1 is 1.47 bits per heavy atom. The Balaban J connectivity index is 2.61. The number of nitrogens with one attached hydrogen (secondary N) is 1. The normalized spacial score (nSPS) is 9.82. The number of benzene rings is 1. The van der Waals surface area contributed by atoms with Crippen LogP contribution in [-0.2, 0) is 0 Å². The second kappa shape index (κ2) is 6.78. The molecule has 0 fully saturated rings. The smallest absolute Gasteiger partial charge is 0.321 e. The molecule has 0 saturated heterocycles. The van der Waals surface area contributed by atoms with Gasteiger partial charge in [-0.25, -0.2) is 4.79 Å². The maximum atomic E-state index is 11.8. The Morgan fingerprint density at radius 3 is 2.88 bits per heavy atom. The van der Waals surface area contributed by atoms with E-state index in [1.54, 1.807) is 19.1 Å². The third-order valence-corrected chi connectivity index (χ3v) is 2.55. The summed E-state index contributed by atoms with van der Waals surface area (Å²) in [7, 11) is 3.36. The van der Waals surface area contributed by atoms with Gasteiger partial charge in [-0.15, -0.1) is 0 Å². The van der Waals surface area contributed by atoms with Gasteiger partial charge in [0, 0.05) is 25.3 Å². The summed E-state index contributed by atoms with van der Waals surface area (Å²) < 4.78 is 5.12. The first-order valence-corrected chi connectivity index (χ1v) is 5.84. The highest BCUT2D eigenvalue weighted by Gasteiger charge is 2.10. The van der Waals surface area contributed by atoms with Crippen LogP contribution < -0.4 is 15.0 Å². The van der Waals surface area contributed by atoms with Crippen LogP contribution in [0.3, 0.4) is 0 Å². The molecule has 1 aromatic rings. The van der Waals surface area contributed by atoms with Crippen molar-refractivity contribution in [3.63, 3.8) is 0 Å². The highest BCUT2D eigenvalue weighted by atomic mass is 16.5. The fourth-order valence-corrected chi connectivity index (χ4v) is 1.43. The van der Waals surface area contributed by atoms with Crippen LogP contribution in [0.4, 0.5) is 10.5 Å². The second-order valence-corrected chi connectivity index (χ2v) is 3.85. The van der Waals surface area contributed by atoms with E-state index >= 15 is 0 Å². The van der Waals surface area contributed by atoms with Crippen molar-refractivity contribution >= 4 is 11.7 Å². The van der Waals surface area contributed by atoms with E-state index in [0.29, 0.717) is 6.54 Å². The maximum Gasteiger partial charge on any atom is 0.321 e. The molecule has 0 unspecified atom stereocenters. The summed E-state index contributed by atoms with van der Waals surface area (Å²) in [6.07, 6.45) is 2.07. The van der Waals surface area contributed by atoms with E-state index in [4.69, 9.17) is 4.74 Å². The molecule has 0 aliphatic carbocycles. The zero-order chi connectivity index (χ0) is 12.7. The van der Waals surface area contributed by atoms with Crippen molar-refractivity contribution in [1.82, 2.24) is 5.32 Å². The summed E-state index contributed by atoms with van der Waals surface area (Å²) in [5.74, 6) is 0.746. The van der Waals surface area contributed by atoms with Crippen molar-refractivity contribution in [2.45, 2.75) is 19.8 Å².